The zero-order chi connectivity index (χ0) is 19.8. The van der Waals surface area contributed by atoms with E-state index in [-0.39, 0.29) is 5.91 Å². The van der Waals surface area contributed by atoms with Gasteiger partial charge in [0.25, 0.3) is 5.91 Å². The molecule has 1 atom stereocenters. The number of carbonyl (C=O) groups excluding carboxylic acids is 1. The number of rotatable bonds is 8. The van der Waals surface area contributed by atoms with Crippen molar-refractivity contribution in [3.63, 3.8) is 0 Å². The number of piperidine rings is 1. The minimum atomic E-state index is -0.474. The van der Waals surface area contributed by atoms with Crippen LogP contribution < -0.4 is 10.1 Å². The molecule has 4 heteroatoms. The van der Waals surface area contributed by atoms with Gasteiger partial charge in [-0.25, -0.2) is 0 Å². The molecule has 1 saturated heterocycles. The van der Waals surface area contributed by atoms with Crippen molar-refractivity contribution >= 4 is 5.91 Å². The summed E-state index contributed by atoms with van der Waals surface area (Å²) in [6.07, 6.45) is 4.11. The lowest BCUT2D eigenvalue weighted by molar-refractivity contribution is -0.128. The maximum atomic E-state index is 12.6. The van der Waals surface area contributed by atoms with Gasteiger partial charge in [-0.15, -0.1) is 0 Å². The molecule has 0 aliphatic carbocycles. The fourth-order valence-corrected chi connectivity index (χ4v) is 3.69. The van der Waals surface area contributed by atoms with Gasteiger partial charge in [-0.2, -0.15) is 0 Å². The van der Waals surface area contributed by atoms with E-state index in [9.17, 15) is 4.79 Å². The Kier molecular flexibility index (Phi) is 7.49. The number of benzene rings is 2. The first kappa shape index (κ1) is 20.4. The highest BCUT2D eigenvalue weighted by atomic mass is 16.5. The normalized spacial score (nSPS) is 15.8. The van der Waals surface area contributed by atoms with E-state index in [1.54, 1.807) is 0 Å². The second kappa shape index (κ2) is 10.3. The predicted molar refractivity (Wildman–Crippen MR) is 113 cm³/mol. The third kappa shape index (κ3) is 6.10. The van der Waals surface area contributed by atoms with Crippen molar-refractivity contribution in [2.45, 2.75) is 58.7 Å². The van der Waals surface area contributed by atoms with Gasteiger partial charge in [0.05, 0.1) is 0 Å². The Morgan fingerprint density at radius 1 is 1.07 bits per heavy atom. The molecule has 1 aliphatic rings. The highest BCUT2D eigenvalue weighted by Gasteiger charge is 2.18. The number of carbonyl (C=O) groups is 1. The summed E-state index contributed by atoms with van der Waals surface area (Å²) in [5, 5.41) is 3.04. The largest absolute Gasteiger partial charge is 0.481 e. The number of aryl methyl sites for hydroxylation is 1. The number of hydrogen-bond donors (Lipinski definition) is 1. The quantitative estimate of drug-likeness (QED) is 0.735. The monoisotopic (exact) mass is 380 g/mol. The molecule has 150 valence electrons. The number of amides is 1. The first-order valence-electron chi connectivity index (χ1n) is 10.5. The van der Waals surface area contributed by atoms with E-state index in [1.165, 1.54) is 37.9 Å². The summed E-state index contributed by atoms with van der Waals surface area (Å²) < 4.78 is 5.90. The zero-order valence-electron chi connectivity index (χ0n) is 17.1. The fourth-order valence-electron chi connectivity index (χ4n) is 3.69. The van der Waals surface area contributed by atoms with Crippen LogP contribution in [0.25, 0.3) is 0 Å². The van der Waals surface area contributed by atoms with Crippen LogP contribution in [0.5, 0.6) is 5.75 Å². The second-order valence-electron chi connectivity index (χ2n) is 7.71. The molecule has 1 N–H and O–H groups in total. The minimum absolute atomic E-state index is 0.0644. The Hall–Kier alpha value is -2.33. The van der Waals surface area contributed by atoms with Gasteiger partial charge in [0, 0.05) is 13.1 Å². The van der Waals surface area contributed by atoms with Crippen LogP contribution in [0.1, 0.15) is 49.3 Å². The molecule has 2 aromatic carbocycles. The standard InChI is InChI=1S/C24H32N2O2/c1-3-23(28-22-12-7-9-19(2)15-22)24(27)25-17-20-10-8-11-21(16-20)18-26-13-5-4-6-14-26/h7-12,15-16,23H,3-6,13-14,17-18H2,1-2H3,(H,25,27)/t23-/m0/s1. The summed E-state index contributed by atoms with van der Waals surface area (Å²) in [5.41, 5.74) is 3.57. The van der Waals surface area contributed by atoms with Gasteiger partial charge < -0.3 is 10.1 Å². The summed E-state index contributed by atoms with van der Waals surface area (Å²) in [5.74, 6) is 0.677. The molecule has 1 fully saturated rings. The summed E-state index contributed by atoms with van der Waals surface area (Å²) in [4.78, 5) is 15.1. The highest BCUT2D eigenvalue weighted by Crippen LogP contribution is 2.16. The average Bonchev–Trinajstić information content (AvgIpc) is 2.71. The number of nitrogens with one attached hydrogen (secondary N) is 1. The first-order valence-corrected chi connectivity index (χ1v) is 10.5. The zero-order valence-corrected chi connectivity index (χ0v) is 17.1. The van der Waals surface area contributed by atoms with Crippen LogP contribution in [-0.4, -0.2) is 30.0 Å². The van der Waals surface area contributed by atoms with Crippen molar-refractivity contribution in [3.8, 4) is 5.75 Å². The molecule has 0 radical (unpaired) electrons. The van der Waals surface area contributed by atoms with Gasteiger partial charge in [-0.3, -0.25) is 9.69 Å². The first-order chi connectivity index (χ1) is 13.6. The molecule has 1 amide bonds. The van der Waals surface area contributed by atoms with Crippen LogP contribution in [0.4, 0.5) is 0 Å². The lowest BCUT2D eigenvalue weighted by Gasteiger charge is -2.26. The van der Waals surface area contributed by atoms with E-state index < -0.39 is 6.10 Å². The lowest BCUT2D eigenvalue weighted by atomic mass is 10.1. The van der Waals surface area contributed by atoms with Gasteiger partial charge in [0.15, 0.2) is 6.10 Å². The summed E-state index contributed by atoms with van der Waals surface area (Å²) >= 11 is 0. The van der Waals surface area contributed by atoms with Gasteiger partial charge in [0.2, 0.25) is 0 Å². The highest BCUT2D eigenvalue weighted by molar-refractivity contribution is 5.81. The van der Waals surface area contributed by atoms with E-state index in [2.05, 4.69) is 34.5 Å². The Morgan fingerprint density at radius 2 is 1.82 bits per heavy atom. The molecule has 28 heavy (non-hydrogen) atoms. The molecule has 0 spiro atoms. The molecule has 0 unspecified atom stereocenters. The molecule has 0 aromatic heterocycles. The molecule has 0 saturated carbocycles. The van der Waals surface area contributed by atoms with Crippen LogP contribution in [0.2, 0.25) is 0 Å². The number of ether oxygens (including phenoxy) is 1. The third-order valence-corrected chi connectivity index (χ3v) is 5.24. The van der Waals surface area contributed by atoms with E-state index in [0.717, 1.165) is 23.4 Å². The second-order valence-corrected chi connectivity index (χ2v) is 7.71. The van der Waals surface area contributed by atoms with Crippen LogP contribution in [0.3, 0.4) is 0 Å². The molecule has 4 nitrogen and oxygen atoms in total. The number of likely N-dealkylation sites (tertiary alicyclic amines) is 1. The van der Waals surface area contributed by atoms with Crippen molar-refractivity contribution in [2.24, 2.45) is 0 Å². The Morgan fingerprint density at radius 3 is 2.57 bits per heavy atom. The van der Waals surface area contributed by atoms with Gasteiger partial charge in [-0.1, -0.05) is 49.7 Å². The smallest absolute Gasteiger partial charge is 0.261 e. The van der Waals surface area contributed by atoms with E-state index in [4.69, 9.17) is 4.74 Å². The number of nitrogens with zero attached hydrogens (tertiary/aromatic N) is 1. The maximum absolute atomic E-state index is 12.6. The molecule has 3 rings (SSSR count). The Balaban J connectivity index is 1.53. The number of hydrogen-bond acceptors (Lipinski definition) is 3. The van der Waals surface area contributed by atoms with Crippen LogP contribution in [0, 0.1) is 6.92 Å². The third-order valence-electron chi connectivity index (χ3n) is 5.24. The summed E-state index contributed by atoms with van der Waals surface area (Å²) in [6, 6.07) is 16.4. The van der Waals surface area contributed by atoms with Gasteiger partial charge in [0.1, 0.15) is 5.75 Å². The predicted octanol–water partition coefficient (Wildman–Crippen LogP) is 4.45. The molecular formula is C24H32N2O2. The van der Waals surface area contributed by atoms with Crippen molar-refractivity contribution in [1.29, 1.82) is 0 Å². The Bertz CT molecular complexity index is 769. The molecule has 1 heterocycles. The van der Waals surface area contributed by atoms with Crippen LogP contribution >= 0.6 is 0 Å². The van der Waals surface area contributed by atoms with E-state index in [0.29, 0.717) is 13.0 Å². The van der Waals surface area contributed by atoms with E-state index in [1.807, 2.05) is 38.1 Å². The van der Waals surface area contributed by atoms with Crippen LogP contribution in [-0.2, 0) is 17.9 Å². The summed E-state index contributed by atoms with van der Waals surface area (Å²) in [7, 11) is 0. The van der Waals surface area contributed by atoms with Crippen molar-refractivity contribution in [2.75, 3.05) is 13.1 Å². The average molecular weight is 381 g/mol. The molecule has 2 aromatic rings. The topological polar surface area (TPSA) is 41.6 Å². The summed E-state index contributed by atoms with van der Waals surface area (Å²) in [6.45, 7) is 7.89. The van der Waals surface area contributed by atoms with Crippen LogP contribution in [0.15, 0.2) is 48.5 Å². The van der Waals surface area contributed by atoms with Crippen molar-refractivity contribution < 1.29 is 9.53 Å². The minimum Gasteiger partial charge on any atom is -0.481 e. The molecular weight excluding hydrogens is 348 g/mol. The maximum Gasteiger partial charge on any atom is 0.261 e. The van der Waals surface area contributed by atoms with Crippen molar-refractivity contribution in [3.05, 3.63) is 65.2 Å². The fraction of sp³-hybridized carbons (Fsp3) is 0.458. The SMILES string of the molecule is CC[C@H](Oc1cccc(C)c1)C(=O)NCc1cccc(CN2CCCCC2)c1. The van der Waals surface area contributed by atoms with Gasteiger partial charge in [-0.05, 0) is 68.1 Å². The lowest BCUT2D eigenvalue weighted by Crippen LogP contribution is -2.37. The molecule has 1 aliphatic heterocycles. The van der Waals surface area contributed by atoms with E-state index >= 15 is 0 Å². The molecule has 0 bridgehead atoms. The van der Waals surface area contributed by atoms with Crippen molar-refractivity contribution in [1.82, 2.24) is 10.2 Å². The van der Waals surface area contributed by atoms with Gasteiger partial charge >= 0.3 is 0 Å². The Labute approximate surface area is 168 Å².